The number of anilines is 3. The van der Waals surface area contributed by atoms with Crippen molar-refractivity contribution >= 4 is 40.6 Å². The molecule has 1 unspecified atom stereocenters. The largest absolute Gasteiger partial charge is 0.497 e. The van der Waals surface area contributed by atoms with Crippen molar-refractivity contribution in [3.8, 4) is 11.5 Å². The summed E-state index contributed by atoms with van der Waals surface area (Å²) in [5.74, 6) is 1.26. The average molecular weight is 478 g/mol. The maximum atomic E-state index is 12.9. The van der Waals surface area contributed by atoms with E-state index < -0.39 is 0 Å². The summed E-state index contributed by atoms with van der Waals surface area (Å²) >= 11 is 1.57. The van der Waals surface area contributed by atoms with Crippen LogP contribution in [-0.4, -0.2) is 45.9 Å². The van der Waals surface area contributed by atoms with Crippen LogP contribution >= 0.6 is 11.8 Å². The summed E-state index contributed by atoms with van der Waals surface area (Å²) in [6.07, 6.45) is 0. The molecule has 0 radical (unpaired) electrons. The Morgan fingerprint density at radius 1 is 1.00 bits per heavy atom. The minimum Gasteiger partial charge on any atom is -0.497 e. The number of rotatable bonds is 7. The molecule has 1 N–H and O–H groups in total. The second-order valence-electron chi connectivity index (χ2n) is 8.02. The Balaban J connectivity index is 1.57. The molecule has 34 heavy (non-hydrogen) atoms. The summed E-state index contributed by atoms with van der Waals surface area (Å²) in [6, 6.07) is 20.6. The van der Waals surface area contributed by atoms with Crippen LogP contribution in [0.15, 0.2) is 66.7 Å². The summed E-state index contributed by atoms with van der Waals surface area (Å²) in [4.78, 5) is 29.5. The van der Waals surface area contributed by atoms with E-state index >= 15 is 0 Å². The Kier molecular flexibility index (Phi) is 6.98. The zero-order chi connectivity index (χ0) is 24.2. The molecule has 0 bridgehead atoms. The van der Waals surface area contributed by atoms with Crippen LogP contribution in [0.5, 0.6) is 11.5 Å². The highest BCUT2D eigenvalue weighted by Crippen LogP contribution is 2.42. The van der Waals surface area contributed by atoms with Crippen LogP contribution < -0.4 is 24.6 Å². The van der Waals surface area contributed by atoms with E-state index in [0.717, 1.165) is 16.9 Å². The van der Waals surface area contributed by atoms with E-state index in [-0.39, 0.29) is 17.2 Å². The normalized spacial score (nSPS) is 15.2. The third-order valence-corrected chi connectivity index (χ3v) is 6.77. The highest BCUT2D eigenvalue weighted by Gasteiger charge is 2.34. The van der Waals surface area contributed by atoms with Gasteiger partial charge >= 0.3 is 0 Å². The van der Waals surface area contributed by atoms with Crippen LogP contribution in [0.25, 0.3) is 0 Å². The van der Waals surface area contributed by atoms with Crippen molar-refractivity contribution in [3.05, 3.63) is 77.9 Å². The molecule has 1 aliphatic heterocycles. The molecule has 1 atom stereocenters. The minimum atomic E-state index is -0.277. The molecule has 7 nitrogen and oxygen atoms in total. The van der Waals surface area contributed by atoms with Crippen molar-refractivity contribution in [2.24, 2.45) is 0 Å². The highest BCUT2D eigenvalue weighted by molar-refractivity contribution is 8.00. The first-order valence-electron chi connectivity index (χ1n) is 10.7. The highest BCUT2D eigenvalue weighted by atomic mass is 32.2. The Hall–Kier alpha value is -3.65. The van der Waals surface area contributed by atoms with Gasteiger partial charge in [-0.05, 0) is 54.1 Å². The first-order valence-corrected chi connectivity index (χ1v) is 11.8. The van der Waals surface area contributed by atoms with E-state index in [1.165, 1.54) is 0 Å². The number of methoxy groups -OCH3 is 2. The van der Waals surface area contributed by atoms with Crippen molar-refractivity contribution in [3.63, 3.8) is 0 Å². The molecule has 0 aliphatic carbocycles. The first kappa shape index (κ1) is 23.5. The van der Waals surface area contributed by atoms with E-state index in [0.29, 0.717) is 28.5 Å². The van der Waals surface area contributed by atoms with Gasteiger partial charge < -0.3 is 19.7 Å². The van der Waals surface area contributed by atoms with E-state index in [4.69, 9.17) is 9.47 Å². The molecule has 1 aliphatic rings. The lowest BCUT2D eigenvalue weighted by Gasteiger charge is -2.25. The molecular weight excluding hydrogens is 450 g/mol. The smallest absolute Gasteiger partial charge is 0.255 e. The van der Waals surface area contributed by atoms with Gasteiger partial charge in [-0.3, -0.25) is 14.5 Å². The topological polar surface area (TPSA) is 71.1 Å². The molecule has 3 aromatic rings. The summed E-state index contributed by atoms with van der Waals surface area (Å²) < 4.78 is 10.5. The van der Waals surface area contributed by atoms with Crippen LogP contribution in [0.3, 0.4) is 0 Å². The number of amides is 2. The maximum absolute atomic E-state index is 12.9. The van der Waals surface area contributed by atoms with Gasteiger partial charge in [0.1, 0.15) is 16.9 Å². The van der Waals surface area contributed by atoms with Gasteiger partial charge in [0, 0.05) is 42.8 Å². The number of hydrogen-bond donors (Lipinski definition) is 1. The fourth-order valence-corrected chi connectivity index (χ4v) is 4.94. The SMILES string of the molecule is COc1cc(OC)cc(C(=O)Nc2cccc(C3SCC(=O)N3c3ccc(N(C)C)cc3)c2)c1. The molecule has 3 aromatic carbocycles. The molecule has 1 fully saturated rings. The van der Waals surface area contributed by atoms with Crippen molar-refractivity contribution in [2.75, 3.05) is 49.2 Å². The zero-order valence-electron chi connectivity index (χ0n) is 19.6. The first-order chi connectivity index (χ1) is 16.4. The lowest BCUT2D eigenvalue weighted by Crippen LogP contribution is -2.27. The number of carbonyl (C=O) groups is 2. The number of ether oxygens (including phenoxy) is 2. The molecule has 8 heteroatoms. The number of thioether (sulfide) groups is 1. The Morgan fingerprint density at radius 3 is 2.29 bits per heavy atom. The van der Waals surface area contributed by atoms with Crippen molar-refractivity contribution in [1.82, 2.24) is 0 Å². The standard InChI is InChI=1S/C26H27N3O4S/c1-28(2)20-8-10-21(11-9-20)29-24(30)16-34-26(29)17-6-5-7-19(12-17)27-25(31)18-13-22(32-3)15-23(14-18)33-4/h5-15,26H,16H2,1-4H3,(H,27,31). The average Bonchev–Trinajstić information content (AvgIpc) is 3.25. The fraction of sp³-hybridized carbons (Fsp3) is 0.231. The third kappa shape index (κ3) is 4.97. The van der Waals surface area contributed by atoms with Gasteiger partial charge in [-0.2, -0.15) is 0 Å². The summed E-state index contributed by atoms with van der Waals surface area (Å²) in [7, 11) is 7.05. The van der Waals surface area contributed by atoms with Gasteiger partial charge in [-0.25, -0.2) is 0 Å². The van der Waals surface area contributed by atoms with Gasteiger partial charge in [0.15, 0.2) is 0 Å². The molecule has 0 aromatic heterocycles. The monoisotopic (exact) mass is 477 g/mol. The molecule has 176 valence electrons. The van der Waals surface area contributed by atoms with Crippen LogP contribution in [-0.2, 0) is 4.79 Å². The van der Waals surface area contributed by atoms with Gasteiger partial charge in [-0.15, -0.1) is 11.8 Å². The van der Waals surface area contributed by atoms with Crippen LogP contribution in [0, 0.1) is 0 Å². The van der Waals surface area contributed by atoms with Gasteiger partial charge in [0.25, 0.3) is 5.91 Å². The lowest BCUT2D eigenvalue weighted by atomic mass is 10.1. The summed E-state index contributed by atoms with van der Waals surface area (Å²) in [5, 5.41) is 2.77. The van der Waals surface area contributed by atoms with Gasteiger partial charge in [-0.1, -0.05) is 12.1 Å². The lowest BCUT2D eigenvalue weighted by molar-refractivity contribution is -0.115. The molecular formula is C26H27N3O4S. The van der Waals surface area contributed by atoms with Crippen molar-refractivity contribution in [1.29, 1.82) is 0 Å². The quantitative estimate of drug-likeness (QED) is 0.527. The van der Waals surface area contributed by atoms with E-state index in [2.05, 4.69) is 5.32 Å². The zero-order valence-corrected chi connectivity index (χ0v) is 20.4. The molecule has 0 saturated carbocycles. The number of nitrogens with one attached hydrogen (secondary N) is 1. The van der Waals surface area contributed by atoms with E-state index in [9.17, 15) is 9.59 Å². The number of carbonyl (C=O) groups excluding carboxylic acids is 2. The Morgan fingerprint density at radius 2 is 1.68 bits per heavy atom. The summed E-state index contributed by atoms with van der Waals surface area (Å²) in [5.41, 5.74) is 3.93. The molecule has 4 rings (SSSR count). The summed E-state index contributed by atoms with van der Waals surface area (Å²) in [6.45, 7) is 0. The second-order valence-corrected chi connectivity index (χ2v) is 9.09. The van der Waals surface area contributed by atoms with Gasteiger partial charge in [0.05, 0.1) is 20.0 Å². The molecule has 2 amide bonds. The molecule has 1 heterocycles. The van der Waals surface area contributed by atoms with Crippen molar-refractivity contribution < 1.29 is 19.1 Å². The Bertz CT molecular complexity index is 1170. The van der Waals surface area contributed by atoms with E-state index in [1.807, 2.05) is 72.4 Å². The van der Waals surface area contributed by atoms with E-state index in [1.54, 1.807) is 44.2 Å². The molecule has 0 spiro atoms. The second kappa shape index (κ2) is 10.1. The molecule has 1 saturated heterocycles. The van der Waals surface area contributed by atoms with Gasteiger partial charge in [0.2, 0.25) is 5.91 Å². The van der Waals surface area contributed by atoms with Crippen LogP contribution in [0.1, 0.15) is 21.3 Å². The minimum absolute atomic E-state index is 0.0607. The number of nitrogens with zero attached hydrogens (tertiary/aromatic N) is 2. The predicted octanol–water partition coefficient (Wildman–Crippen LogP) is 4.80. The number of hydrogen-bond acceptors (Lipinski definition) is 6. The predicted molar refractivity (Wildman–Crippen MR) is 137 cm³/mol. The van der Waals surface area contributed by atoms with Crippen molar-refractivity contribution in [2.45, 2.75) is 5.37 Å². The van der Waals surface area contributed by atoms with Crippen LogP contribution in [0.2, 0.25) is 0 Å². The van der Waals surface area contributed by atoms with Crippen LogP contribution in [0.4, 0.5) is 17.1 Å². The maximum Gasteiger partial charge on any atom is 0.255 e. The fourth-order valence-electron chi connectivity index (χ4n) is 3.77. The third-order valence-electron chi connectivity index (χ3n) is 5.56. The number of benzene rings is 3. The Labute approximate surface area is 203 Å².